The zero-order valence-electron chi connectivity index (χ0n) is 14.4. The minimum Gasteiger partial charge on any atom is -0.508 e. The fourth-order valence-electron chi connectivity index (χ4n) is 4.72. The molecular formula is C24H20O2. The van der Waals surface area contributed by atoms with Crippen molar-refractivity contribution in [2.75, 3.05) is 0 Å². The van der Waals surface area contributed by atoms with Gasteiger partial charge in [0.25, 0.3) is 0 Å². The summed E-state index contributed by atoms with van der Waals surface area (Å²) < 4.78 is 0. The molecule has 5 rings (SSSR count). The molecule has 1 atom stereocenters. The molecule has 0 fully saturated rings. The molecule has 1 unspecified atom stereocenters. The fraction of sp³-hybridized carbons (Fsp3) is 0.167. The van der Waals surface area contributed by atoms with Crippen molar-refractivity contribution in [3.63, 3.8) is 0 Å². The highest BCUT2D eigenvalue weighted by atomic mass is 16.3. The van der Waals surface area contributed by atoms with E-state index in [1.165, 1.54) is 27.8 Å². The van der Waals surface area contributed by atoms with E-state index < -0.39 is 0 Å². The van der Waals surface area contributed by atoms with Crippen molar-refractivity contribution >= 4 is 11.6 Å². The summed E-state index contributed by atoms with van der Waals surface area (Å²) in [6.45, 7) is 0. The Hall–Kier alpha value is -3.00. The van der Waals surface area contributed by atoms with Gasteiger partial charge in [-0.1, -0.05) is 48.5 Å². The summed E-state index contributed by atoms with van der Waals surface area (Å²) in [6, 6.07) is 21.9. The van der Waals surface area contributed by atoms with Gasteiger partial charge in [0.05, 0.1) is 0 Å². The van der Waals surface area contributed by atoms with Crippen LogP contribution in [0, 0.1) is 5.41 Å². The number of benzene rings is 3. The second-order valence-electron chi connectivity index (χ2n) is 7.57. The maximum Gasteiger partial charge on any atom is 0.116 e. The Labute approximate surface area is 153 Å². The predicted molar refractivity (Wildman–Crippen MR) is 104 cm³/mol. The van der Waals surface area contributed by atoms with Crippen molar-refractivity contribution in [1.82, 2.24) is 0 Å². The number of phenolic OH excluding ortho intramolecular Hbond substituents is 2. The van der Waals surface area contributed by atoms with Gasteiger partial charge in [-0.3, -0.25) is 0 Å². The zero-order valence-corrected chi connectivity index (χ0v) is 14.4. The Balaban J connectivity index is 1.67. The van der Waals surface area contributed by atoms with Gasteiger partial charge in [-0.2, -0.15) is 0 Å². The molecule has 2 aliphatic rings. The molecular weight excluding hydrogens is 320 g/mol. The molecule has 0 amide bonds. The lowest BCUT2D eigenvalue weighted by molar-refractivity contribution is 0.441. The molecule has 0 saturated carbocycles. The van der Waals surface area contributed by atoms with E-state index in [-0.39, 0.29) is 5.41 Å². The molecule has 2 nitrogen and oxygen atoms in total. The molecule has 1 spiro atoms. The number of fused-ring (bicyclic) bond motifs is 2. The number of aromatic hydroxyl groups is 2. The van der Waals surface area contributed by atoms with Crippen LogP contribution in [0.2, 0.25) is 0 Å². The molecule has 3 aromatic rings. The first-order chi connectivity index (χ1) is 12.6. The van der Waals surface area contributed by atoms with E-state index in [0.717, 1.165) is 24.8 Å². The van der Waals surface area contributed by atoms with E-state index in [1.54, 1.807) is 12.1 Å². The maximum absolute atomic E-state index is 10.1. The molecule has 0 radical (unpaired) electrons. The summed E-state index contributed by atoms with van der Waals surface area (Å²) in [5.41, 5.74) is 7.48. The van der Waals surface area contributed by atoms with Gasteiger partial charge < -0.3 is 10.2 Å². The summed E-state index contributed by atoms with van der Waals surface area (Å²) >= 11 is 0. The van der Waals surface area contributed by atoms with Gasteiger partial charge in [0.1, 0.15) is 11.5 Å². The van der Waals surface area contributed by atoms with Crippen molar-refractivity contribution in [3.05, 3.63) is 94.5 Å². The zero-order chi connectivity index (χ0) is 17.7. The predicted octanol–water partition coefficient (Wildman–Crippen LogP) is 4.98. The standard InChI is InChI=1S/C24H20O2/c25-20-8-6-17-13-24(15-19(17)11-20)14-18-7-9-21(26)12-22(18)23(24)10-16-4-2-1-3-5-16/h1-12,25-26H,13-15H2/b23-10-. The van der Waals surface area contributed by atoms with Crippen LogP contribution in [-0.4, -0.2) is 10.2 Å². The van der Waals surface area contributed by atoms with E-state index in [1.807, 2.05) is 18.2 Å². The molecule has 0 heterocycles. The van der Waals surface area contributed by atoms with Crippen molar-refractivity contribution in [2.45, 2.75) is 19.3 Å². The highest BCUT2D eigenvalue weighted by Gasteiger charge is 2.45. The third-order valence-electron chi connectivity index (χ3n) is 5.84. The Morgan fingerprint density at radius 1 is 0.692 bits per heavy atom. The molecule has 3 aromatic carbocycles. The van der Waals surface area contributed by atoms with Gasteiger partial charge in [0.2, 0.25) is 0 Å². The van der Waals surface area contributed by atoms with Crippen LogP contribution in [0.15, 0.2) is 66.7 Å². The SMILES string of the molecule is Oc1ccc2c(c1)CC1(C2)Cc2ccc(O)cc2/C1=C/c1ccccc1. The molecule has 2 aliphatic carbocycles. The minimum atomic E-state index is 0.00208. The van der Waals surface area contributed by atoms with Crippen molar-refractivity contribution < 1.29 is 10.2 Å². The first-order valence-electron chi connectivity index (χ1n) is 9.03. The highest BCUT2D eigenvalue weighted by Crippen LogP contribution is 2.55. The monoisotopic (exact) mass is 340 g/mol. The van der Waals surface area contributed by atoms with Gasteiger partial charge in [0.15, 0.2) is 0 Å². The van der Waals surface area contributed by atoms with Crippen LogP contribution in [0.3, 0.4) is 0 Å². The lowest BCUT2D eigenvalue weighted by Gasteiger charge is -2.26. The van der Waals surface area contributed by atoms with Gasteiger partial charge in [-0.15, -0.1) is 0 Å². The normalized spacial score (nSPS) is 21.9. The van der Waals surface area contributed by atoms with Crippen LogP contribution in [-0.2, 0) is 19.3 Å². The topological polar surface area (TPSA) is 40.5 Å². The number of phenols is 2. The van der Waals surface area contributed by atoms with E-state index in [0.29, 0.717) is 11.5 Å². The van der Waals surface area contributed by atoms with Crippen molar-refractivity contribution in [3.8, 4) is 11.5 Å². The van der Waals surface area contributed by atoms with Crippen LogP contribution in [0.5, 0.6) is 11.5 Å². The first-order valence-corrected chi connectivity index (χ1v) is 9.03. The number of allylic oxidation sites excluding steroid dienone is 1. The number of rotatable bonds is 1. The van der Waals surface area contributed by atoms with Crippen LogP contribution >= 0.6 is 0 Å². The van der Waals surface area contributed by atoms with Crippen LogP contribution in [0.1, 0.15) is 27.8 Å². The molecule has 2 N–H and O–H groups in total. The Kier molecular flexibility index (Phi) is 3.23. The average molecular weight is 340 g/mol. The average Bonchev–Trinajstić information content (AvgIpc) is 3.13. The largest absolute Gasteiger partial charge is 0.508 e. The minimum absolute atomic E-state index is 0.00208. The van der Waals surface area contributed by atoms with E-state index >= 15 is 0 Å². The first kappa shape index (κ1) is 15.3. The smallest absolute Gasteiger partial charge is 0.116 e. The molecule has 0 bridgehead atoms. The Morgan fingerprint density at radius 3 is 2.15 bits per heavy atom. The summed E-state index contributed by atoms with van der Waals surface area (Å²) in [7, 11) is 0. The van der Waals surface area contributed by atoms with Crippen LogP contribution in [0.25, 0.3) is 11.6 Å². The van der Waals surface area contributed by atoms with Crippen molar-refractivity contribution in [1.29, 1.82) is 0 Å². The summed E-state index contributed by atoms with van der Waals surface area (Å²) in [4.78, 5) is 0. The lowest BCUT2D eigenvalue weighted by Crippen LogP contribution is -2.20. The third kappa shape index (κ3) is 2.33. The third-order valence-corrected chi connectivity index (χ3v) is 5.84. The van der Waals surface area contributed by atoms with Gasteiger partial charge in [-0.25, -0.2) is 0 Å². The second kappa shape index (κ2) is 5.50. The quantitative estimate of drug-likeness (QED) is 0.656. The summed E-state index contributed by atoms with van der Waals surface area (Å²) in [5.74, 6) is 0.649. The van der Waals surface area contributed by atoms with Crippen molar-refractivity contribution in [2.24, 2.45) is 5.41 Å². The highest BCUT2D eigenvalue weighted by molar-refractivity contribution is 5.90. The fourth-order valence-corrected chi connectivity index (χ4v) is 4.72. The van der Waals surface area contributed by atoms with E-state index in [9.17, 15) is 10.2 Å². The number of hydrogen-bond donors (Lipinski definition) is 2. The van der Waals surface area contributed by atoms with Crippen LogP contribution in [0.4, 0.5) is 0 Å². The van der Waals surface area contributed by atoms with E-state index in [4.69, 9.17) is 0 Å². The molecule has 128 valence electrons. The van der Waals surface area contributed by atoms with Gasteiger partial charge in [-0.05, 0) is 76.9 Å². The maximum atomic E-state index is 10.1. The summed E-state index contributed by atoms with van der Waals surface area (Å²) in [6.07, 6.45) is 5.13. The Bertz CT molecular complexity index is 1030. The van der Waals surface area contributed by atoms with Gasteiger partial charge >= 0.3 is 0 Å². The summed E-state index contributed by atoms with van der Waals surface area (Å²) in [5, 5.41) is 20.0. The van der Waals surface area contributed by atoms with Crippen LogP contribution < -0.4 is 0 Å². The molecule has 0 aromatic heterocycles. The second-order valence-corrected chi connectivity index (χ2v) is 7.57. The molecule has 2 heteroatoms. The lowest BCUT2D eigenvalue weighted by atomic mass is 9.77. The molecule has 26 heavy (non-hydrogen) atoms. The number of hydrogen-bond acceptors (Lipinski definition) is 2. The molecule has 0 aliphatic heterocycles. The molecule has 0 saturated heterocycles. The van der Waals surface area contributed by atoms with E-state index in [2.05, 4.69) is 42.5 Å². The van der Waals surface area contributed by atoms with Gasteiger partial charge in [0, 0.05) is 5.41 Å². The Morgan fingerprint density at radius 2 is 1.35 bits per heavy atom.